The van der Waals surface area contributed by atoms with E-state index in [9.17, 15) is 23.3 Å². The van der Waals surface area contributed by atoms with E-state index in [1.807, 2.05) is 4.90 Å². The zero-order chi connectivity index (χ0) is 33.8. The highest BCUT2D eigenvalue weighted by Crippen LogP contribution is 2.40. The lowest BCUT2D eigenvalue weighted by Crippen LogP contribution is -2.36. The van der Waals surface area contributed by atoms with Gasteiger partial charge in [-0.25, -0.2) is 18.2 Å². The standard InChI is InChI=1S/C29H36ClN7O8S/c1-17(2)46(41,42)25-8-7-18(32-28(38)45-29(3,4)5)13-21(25)33-26-19(30)16-31-27(35-26)34-20-14-23(37(39)40)22(15-24(20)43-6)36-9-11-44-12-10-36/h7-8,13-17H,9-12H2,1-6H3,(H,32,38)(H2,31,33,34,35). The minimum Gasteiger partial charge on any atom is -0.494 e. The van der Waals surface area contributed by atoms with E-state index in [0.717, 1.165) is 0 Å². The second-order valence-corrected chi connectivity index (χ2v) is 14.3. The predicted molar refractivity (Wildman–Crippen MR) is 175 cm³/mol. The SMILES string of the molecule is COc1cc(N2CCOCC2)c([N+](=O)[O-])cc1Nc1ncc(Cl)c(Nc2cc(NC(=O)OC(C)(C)C)ccc2S(=O)(=O)C(C)C)n1. The van der Waals surface area contributed by atoms with Crippen LogP contribution in [0, 0.1) is 10.1 Å². The van der Waals surface area contributed by atoms with E-state index in [1.165, 1.54) is 37.6 Å². The molecule has 0 aliphatic carbocycles. The van der Waals surface area contributed by atoms with E-state index < -0.39 is 31.7 Å². The zero-order valence-electron chi connectivity index (χ0n) is 26.2. The van der Waals surface area contributed by atoms with Gasteiger partial charge >= 0.3 is 6.09 Å². The first-order valence-corrected chi connectivity index (χ1v) is 16.1. The molecule has 1 saturated heterocycles. The largest absolute Gasteiger partial charge is 0.494 e. The fourth-order valence-corrected chi connectivity index (χ4v) is 5.74. The molecule has 1 amide bonds. The van der Waals surface area contributed by atoms with Crippen molar-refractivity contribution in [1.82, 2.24) is 9.97 Å². The van der Waals surface area contributed by atoms with Crippen LogP contribution in [0.2, 0.25) is 5.02 Å². The van der Waals surface area contributed by atoms with E-state index in [0.29, 0.717) is 37.7 Å². The summed E-state index contributed by atoms with van der Waals surface area (Å²) in [6, 6.07) is 7.11. The number of aromatic nitrogens is 2. The maximum absolute atomic E-state index is 13.2. The Morgan fingerprint density at radius 1 is 1.13 bits per heavy atom. The molecule has 15 nitrogen and oxygen atoms in total. The predicted octanol–water partition coefficient (Wildman–Crippen LogP) is 5.90. The number of sulfone groups is 1. The molecule has 1 aliphatic heterocycles. The van der Waals surface area contributed by atoms with Crippen molar-refractivity contribution in [2.24, 2.45) is 0 Å². The van der Waals surface area contributed by atoms with Gasteiger partial charge in [-0.2, -0.15) is 4.98 Å². The molecule has 0 spiro atoms. The molecule has 1 aliphatic rings. The smallest absolute Gasteiger partial charge is 0.412 e. The number of carbonyl (C=O) groups is 1. The van der Waals surface area contributed by atoms with Gasteiger partial charge < -0.3 is 29.7 Å². The van der Waals surface area contributed by atoms with Gasteiger partial charge in [-0.05, 0) is 52.8 Å². The first-order valence-electron chi connectivity index (χ1n) is 14.2. The molecule has 0 atom stereocenters. The van der Waals surface area contributed by atoms with Crippen LogP contribution in [-0.2, 0) is 19.3 Å². The molecule has 17 heteroatoms. The van der Waals surface area contributed by atoms with Crippen molar-refractivity contribution >= 4 is 67.7 Å². The van der Waals surface area contributed by atoms with Crippen molar-refractivity contribution in [3.63, 3.8) is 0 Å². The number of anilines is 6. The maximum Gasteiger partial charge on any atom is 0.412 e. The minimum absolute atomic E-state index is 0.0186. The van der Waals surface area contributed by atoms with Crippen molar-refractivity contribution in [2.45, 2.75) is 50.4 Å². The molecule has 2 heterocycles. The molecular formula is C29H36ClN7O8S. The lowest BCUT2D eigenvalue weighted by molar-refractivity contribution is -0.384. The van der Waals surface area contributed by atoms with Gasteiger partial charge in [0, 0.05) is 30.9 Å². The average Bonchev–Trinajstić information content (AvgIpc) is 2.98. The Morgan fingerprint density at radius 2 is 1.83 bits per heavy atom. The lowest BCUT2D eigenvalue weighted by Gasteiger charge is -2.29. The van der Waals surface area contributed by atoms with Crippen LogP contribution in [0.15, 0.2) is 41.4 Å². The fraction of sp³-hybridized carbons (Fsp3) is 0.414. The van der Waals surface area contributed by atoms with E-state index >= 15 is 0 Å². The third-order valence-corrected chi connectivity index (χ3v) is 9.13. The maximum atomic E-state index is 13.2. The summed E-state index contributed by atoms with van der Waals surface area (Å²) in [7, 11) is -2.38. The summed E-state index contributed by atoms with van der Waals surface area (Å²) in [5, 5.41) is 19.8. The molecule has 0 bridgehead atoms. The van der Waals surface area contributed by atoms with E-state index in [1.54, 1.807) is 40.7 Å². The van der Waals surface area contributed by atoms with Crippen LogP contribution in [0.1, 0.15) is 34.6 Å². The molecular weight excluding hydrogens is 642 g/mol. The molecule has 1 fully saturated rings. The minimum atomic E-state index is -3.81. The number of halogens is 1. The Morgan fingerprint density at radius 3 is 2.43 bits per heavy atom. The zero-order valence-corrected chi connectivity index (χ0v) is 27.8. The normalized spacial score (nSPS) is 13.7. The molecule has 1 aromatic heterocycles. The summed E-state index contributed by atoms with van der Waals surface area (Å²) >= 11 is 6.42. The summed E-state index contributed by atoms with van der Waals surface area (Å²) in [5.41, 5.74) is 0.0169. The van der Waals surface area contributed by atoms with E-state index in [-0.39, 0.29) is 44.4 Å². The third kappa shape index (κ3) is 8.24. The number of amides is 1. The Hall–Kier alpha value is -4.41. The molecule has 46 heavy (non-hydrogen) atoms. The second-order valence-electron chi connectivity index (χ2n) is 11.5. The van der Waals surface area contributed by atoms with Crippen LogP contribution in [0.25, 0.3) is 0 Å². The van der Waals surface area contributed by atoms with Crippen molar-refractivity contribution in [3.05, 3.63) is 51.7 Å². The Bertz CT molecular complexity index is 1730. The van der Waals surface area contributed by atoms with Crippen LogP contribution in [0.3, 0.4) is 0 Å². The van der Waals surface area contributed by atoms with Crippen LogP contribution in [0.4, 0.5) is 45.0 Å². The van der Waals surface area contributed by atoms with Crippen LogP contribution >= 0.6 is 11.6 Å². The van der Waals surface area contributed by atoms with Crippen LogP contribution < -0.4 is 25.6 Å². The molecule has 248 valence electrons. The number of nitro groups is 1. The van der Waals surface area contributed by atoms with Crippen molar-refractivity contribution in [1.29, 1.82) is 0 Å². The van der Waals surface area contributed by atoms with Gasteiger partial charge in [0.15, 0.2) is 15.7 Å². The van der Waals surface area contributed by atoms with Crippen LogP contribution in [-0.4, -0.2) is 73.7 Å². The number of nitro benzene ring substituents is 1. The summed E-state index contributed by atoms with van der Waals surface area (Å²) in [6.45, 7) is 10.1. The summed E-state index contributed by atoms with van der Waals surface area (Å²) in [6.07, 6.45) is 0.550. The Kier molecular flexibility index (Phi) is 10.4. The van der Waals surface area contributed by atoms with E-state index in [4.69, 9.17) is 25.8 Å². The topological polar surface area (TPSA) is 187 Å². The highest BCUT2D eigenvalue weighted by atomic mass is 35.5. The van der Waals surface area contributed by atoms with Crippen molar-refractivity contribution in [3.8, 4) is 5.75 Å². The van der Waals surface area contributed by atoms with E-state index in [2.05, 4.69) is 25.9 Å². The number of ether oxygens (including phenoxy) is 3. The highest BCUT2D eigenvalue weighted by Gasteiger charge is 2.27. The second kappa shape index (κ2) is 13.9. The van der Waals surface area contributed by atoms with Gasteiger partial charge in [-0.15, -0.1) is 0 Å². The van der Waals surface area contributed by atoms with Gasteiger partial charge in [0.25, 0.3) is 5.69 Å². The van der Waals surface area contributed by atoms with Crippen molar-refractivity contribution < 1.29 is 32.3 Å². The number of morpholine rings is 1. The first kappa shape index (κ1) is 34.5. The average molecular weight is 678 g/mol. The number of hydrogen-bond donors (Lipinski definition) is 3. The van der Waals surface area contributed by atoms with Gasteiger partial charge in [-0.3, -0.25) is 15.4 Å². The first-order chi connectivity index (χ1) is 21.6. The van der Waals surface area contributed by atoms with Crippen LogP contribution in [0.5, 0.6) is 5.75 Å². The van der Waals surface area contributed by atoms with Crippen molar-refractivity contribution in [2.75, 3.05) is 54.3 Å². The Balaban J connectivity index is 1.70. The number of rotatable bonds is 10. The molecule has 0 radical (unpaired) electrons. The number of nitrogens with one attached hydrogen (secondary N) is 3. The monoisotopic (exact) mass is 677 g/mol. The number of methoxy groups -OCH3 is 1. The Labute approximate surface area is 271 Å². The number of carbonyl (C=O) groups excluding carboxylic acids is 1. The quantitative estimate of drug-likeness (QED) is 0.170. The molecule has 3 N–H and O–H groups in total. The van der Waals surface area contributed by atoms with Gasteiger partial charge in [0.1, 0.15) is 22.1 Å². The molecule has 3 aromatic rings. The van der Waals surface area contributed by atoms with Gasteiger partial charge in [0.05, 0.1) is 53.0 Å². The third-order valence-electron chi connectivity index (χ3n) is 6.64. The summed E-state index contributed by atoms with van der Waals surface area (Å²) in [4.78, 5) is 34.3. The summed E-state index contributed by atoms with van der Waals surface area (Å²) in [5.74, 6) is 0.300. The lowest BCUT2D eigenvalue weighted by atomic mass is 10.2. The highest BCUT2D eigenvalue weighted by molar-refractivity contribution is 7.92. The van der Waals surface area contributed by atoms with Gasteiger partial charge in [0.2, 0.25) is 5.95 Å². The number of hydrogen-bond acceptors (Lipinski definition) is 13. The molecule has 0 unspecified atom stereocenters. The molecule has 4 rings (SSSR count). The van der Waals surface area contributed by atoms with Gasteiger partial charge in [-0.1, -0.05) is 11.6 Å². The molecule has 0 saturated carbocycles. The summed E-state index contributed by atoms with van der Waals surface area (Å²) < 4.78 is 42.7. The molecule has 2 aromatic carbocycles. The number of nitrogens with zero attached hydrogens (tertiary/aromatic N) is 4. The fourth-order valence-electron chi connectivity index (χ4n) is 4.42. The number of benzene rings is 2.